The Morgan fingerprint density at radius 3 is 2.57 bits per heavy atom. The van der Waals surface area contributed by atoms with Crippen LogP contribution in [0.4, 0.5) is 5.69 Å². The van der Waals surface area contributed by atoms with E-state index in [1.54, 1.807) is 4.90 Å². The molecule has 1 N–H and O–H groups in total. The van der Waals surface area contributed by atoms with Crippen LogP contribution in [0.15, 0.2) is 48.5 Å². The maximum Gasteiger partial charge on any atom is 0.175 e. The van der Waals surface area contributed by atoms with Crippen molar-refractivity contribution in [2.24, 2.45) is 0 Å². The minimum atomic E-state index is 0. The minimum absolute atomic E-state index is 0. The summed E-state index contributed by atoms with van der Waals surface area (Å²) < 4.78 is 0. The summed E-state index contributed by atoms with van der Waals surface area (Å²) in [6.45, 7) is 3.40. The van der Waals surface area contributed by atoms with Crippen molar-refractivity contribution in [3.05, 3.63) is 54.1 Å². The number of thiol groups is 1. The average Bonchev–Trinajstić information content (AvgIpc) is 2.92. The number of nitrogens with zero attached hydrogens (tertiary/aromatic N) is 1. The summed E-state index contributed by atoms with van der Waals surface area (Å²) in [7, 11) is 0. The number of nitrogens with one attached hydrogen (secondary N) is 1. The largest absolute Gasteiger partial charge is 1.00 e. The lowest BCUT2D eigenvalue weighted by Gasteiger charge is -2.33. The summed E-state index contributed by atoms with van der Waals surface area (Å²) in [4.78, 5) is 4.18. The highest BCUT2D eigenvalue weighted by molar-refractivity contribution is 7.80. The normalized spacial score (nSPS) is 22.9. The molecule has 0 aliphatic carbocycles. The lowest BCUT2D eigenvalue weighted by atomic mass is 9.91. The van der Waals surface area contributed by atoms with Crippen LogP contribution in [0.25, 0.3) is 11.1 Å². The molecule has 1 fully saturated rings. The van der Waals surface area contributed by atoms with Crippen molar-refractivity contribution in [2.75, 3.05) is 25.4 Å². The highest BCUT2D eigenvalue weighted by atomic mass is 79.9. The molecule has 2 aromatic rings. The maximum atomic E-state index is 4.43. The van der Waals surface area contributed by atoms with Gasteiger partial charge in [0.2, 0.25) is 0 Å². The molecule has 0 spiro atoms. The molecule has 2 aliphatic heterocycles. The molecule has 2 atom stereocenters. The van der Waals surface area contributed by atoms with E-state index in [4.69, 9.17) is 0 Å². The molecule has 0 bridgehead atoms. The van der Waals surface area contributed by atoms with Crippen LogP contribution < -0.4 is 21.9 Å². The molecule has 0 aromatic heterocycles. The Kier molecular flexibility index (Phi) is 4.41. The quantitative estimate of drug-likeness (QED) is 0.659. The number of fused-ring (bicyclic) bond motifs is 6. The van der Waals surface area contributed by atoms with Gasteiger partial charge in [-0.2, -0.15) is 12.6 Å². The molecule has 21 heavy (non-hydrogen) atoms. The number of rotatable bonds is 2. The molecule has 0 amide bonds. The van der Waals surface area contributed by atoms with Gasteiger partial charge in [0.05, 0.1) is 13.1 Å². The molecular formula is C17H19BrN2S. The Hall–Kier alpha value is -0.810. The molecule has 2 unspecified atom stereocenters. The van der Waals surface area contributed by atoms with Crippen LogP contribution in [0.2, 0.25) is 0 Å². The first-order chi connectivity index (χ1) is 9.90. The Balaban J connectivity index is 0.00000132. The van der Waals surface area contributed by atoms with Gasteiger partial charge in [-0.1, -0.05) is 36.4 Å². The molecular weight excluding hydrogens is 344 g/mol. The van der Waals surface area contributed by atoms with E-state index in [-0.39, 0.29) is 17.0 Å². The monoisotopic (exact) mass is 362 g/mol. The van der Waals surface area contributed by atoms with Gasteiger partial charge in [0.15, 0.2) is 6.17 Å². The van der Waals surface area contributed by atoms with E-state index in [1.807, 2.05) is 0 Å². The third-order valence-electron chi connectivity index (χ3n) is 4.57. The van der Waals surface area contributed by atoms with Gasteiger partial charge in [0.1, 0.15) is 5.69 Å². The first-order valence-electron chi connectivity index (χ1n) is 7.29. The summed E-state index contributed by atoms with van der Waals surface area (Å²) in [6, 6.07) is 17.8. The Bertz CT molecular complexity index is 646. The topological polar surface area (TPSA) is 7.68 Å². The van der Waals surface area contributed by atoms with E-state index in [0.717, 1.165) is 18.8 Å². The summed E-state index contributed by atoms with van der Waals surface area (Å²) in [5.41, 5.74) is 5.74. The fraction of sp³-hybridized carbons (Fsp3) is 0.294. The zero-order valence-electron chi connectivity index (χ0n) is 11.8. The van der Waals surface area contributed by atoms with E-state index in [0.29, 0.717) is 6.17 Å². The van der Waals surface area contributed by atoms with Crippen molar-refractivity contribution in [3.63, 3.8) is 0 Å². The van der Waals surface area contributed by atoms with Crippen LogP contribution in [-0.4, -0.2) is 30.3 Å². The number of quaternary nitrogens is 1. The second kappa shape index (κ2) is 6.13. The van der Waals surface area contributed by atoms with Gasteiger partial charge >= 0.3 is 0 Å². The van der Waals surface area contributed by atoms with Crippen molar-refractivity contribution in [2.45, 2.75) is 6.17 Å². The van der Waals surface area contributed by atoms with E-state index >= 15 is 0 Å². The first kappa shape index (κ1) is 15.1. The first-order valence-corrected chi connectivity index (χ1v) is 7.92. The molecule has 2 heterocycles. The Labute approximate surface area is 141 Å². The Morgan fingerprint density at radius 1 is 1.05 bits per heavy atom. The molecule has 1 saturated heterocycles. The molecule has 4 heteroatoms. The van der Waals surface area contributed by atoms with Crippen molar-refractivity contribution >= 4 is 18.3 Å². The zero-order valence-corrected chi connectivity index (χ0v) is 14.3. The molecule has 0 saturated carbocycles. The van der Waals surface area contributed by atoms with E-state index in [2.05, 4.69) is 66.1 Å². The van der Waals surface area contributed by atoms with Crippen LogP contribution in [0.3, 0.4) is 0 Å². The highest BCUT2D eigenvalue weighted by Gasteiger charge is 2.43. The van der Waals surface area contributed by atoms with E-state index in [9.17, 15) is 0 Å². The highest BCUT2D eigenvalue weighted by Crippen LogP contribution is 2.38. The van der Waals surface area contributed by atoms with Crippen LogP contribution in [0.1, 0.15) is 11.7 Å². The van der Waals surface area contributed by atoms with Gasteiger partial charge in [-0.25, -0.2) is 4.90 Å². The molecule has 4 rings (SSSR count). The second-order valence-corrected chi connectivity index (χ2v) is 6.02. The smallest absolute Gasteiger partial charge is 0.175 e. The zero-order chi connectivity index (χ0) is 13.5. The van der Waals surface area contributed by atoms with E-state index in [1.165, 1.54) is 28.9 Å². The lowest BCUT2D eigenvalue weighted by molar-refractivity contribution is -0.860. The van der Waals surface area contributed by atoms with Gasteiger partial charge in [-0.05, 0) is 17.7 Å². The number of benzene rings is 2. The second-order valence-electron chi connectivity index (χ2n) is 5.57. The fourth-order valence-electron chi connectivity index (χ4n) is 3.76. The van der Waals surface area contributed by atoms with Gasteiger partial charge in [0, 0.05) is 23.4 Å². The van der Waals surface area contributed by atoms with Crippen LogP contribution in [0.5, 0.6) is 0 Å². The van der Waals surface area contributed by atoms with Crippen molar-refractivity contribution in [1.82, 2.24) is 4.90 Å². The van der Waals surface area contributed by atoms with E-state index < -0.39 is 0 Å². The lowest BCUT2D eigenvalue weighted by Crippen LogP contribution is -3.06. The molecule has 2 nitrogen and oxygen atoms in total. The van der Waals surface area contributed by atoms with Crippen LogP contribution in [0, 0.1) is 0 Å². The molecule has 110 valence electrons. The SMILES string of the molecule is SCCN1CC[NH+]2c3ccccc3-c3ccccc3C12.[Br-]. The minimum Gasteiger partial charge on any atom is -1.00 e. The number of halogens is 1. The predicted octanol–water partition coefficient (Wildman–Crippen LogP) is -0.868. The third kappa shape index (κ3) is 2.34. The summed E-state index contributed by atoms with van der Waals surface area (Å²) >= 11 is 4.43. The summed E-state index contributed by atoms with van der Waals surface area (Å²) in [6.07, 6.45) is 0.466. The maximum absolute atomic E-state index is 4.43. The van der Waals surface area contributed by atoms with Crippen LogP contribution in [-0.2, 0) is 0 Å². The standard InChI is InChI=1S/C17H18N2S.BrH/c20-12-11-18-9-10-19-16-8-4-3-6-14(16)13-5-1-2-7-15(13)17(18)19;/h1-8,17,20H,9-12H2;1H. The fourth-order valence-corrected chi connectivity index (χ4v) is 4.02. The average molecular weight is 363 g/mol. The van der Waals surface area contributed by atoms with Crippen molar-refractivity contribution in [1.29, 1.82) is 0 Å². The Morgan fingerprint density at radius 2 is 1.76 bits per heavy atom. The molecule has 2 aliphatic rings. The van der Waals surface area contributed by atoms with Gasteiger partial charge in [-0.15, -0.1) is 0 Å². The number of hydrogen-bond acceptors (Lipinski definition) is 2. The predicted molar refractivity (Wildman–Crippen MR) is 85.5 cm³/mol. The summed E-state index contributed by atoms with van der Waals surface area (Å²) in [5, 5.41) is 0. The summed E-state index contributed by atoms with van der Waals surface area (Å²) in [5.74, 6) is 0.924. The third-order valence-corrected chi connectivity index (χ3v) is 4.77. The number of hydrogen-bond donors (Lipinski definition) is 2. The molecule has 0 radical (unpaired) electrons. The van der Waals surface area contributed by atoms with Crippen LogP contribution >= 0.6 is 12.6 Å². The van der Waals surface area contributed by atoms with Crippen molar-refractivity contribution in [3.8, 4) is 11.1 Å². The number of para-hydroxylation sites is 1. The van der Waals surface area contributed by atoms with Gasteiger partial charge < -0.3 is 17.0 Å². The van der Waals surface area contributed by atoms with Crippen molar-refractivity contribution < 1.29 is 21.9 Å². The molecule has 2 aromatic carbocycles. The van der Waals surface area contributed by atoms with Gasteiger partial charge in [0.25, 0.3) is 0 Å². The van der Waals surface area contributed by atoms with Gasteiger partial charge in [-0.3, -0.25) is 4.90 Å².